The molecule has 1 aliphatic rings. The first-order valence-electron chi connectivity index (χ1n) is 6.20. The van der Waals surface area contributed by atoms with Crippen LogP contribution in [0.15, 0.2) is 57.8 Å². The van der Waals surface area contributed by atoms with Gasteiger partial charge in [-0.15, -0.1) is 4.40 Å². The first-order chi connectivity index (χ1) is 10.1. The smallest absolute Gasteiger partial charge is 0.285 e. The average molecular weight is 315 g/mol. The van der Waals surface area contributed by atoms with Crippen molar-refractivity contribution in [3.63, 3.8) is 0 Å². The lowest BCUT2D eigenvalue weighted by Crippen LogP contribution is -2.10. The molecule has 0 spiro atoms. The summed E-state index contributed by atoms with van der Waals surface area (Å²) in [5.74, 6) is 0.324. The molecule has 0 unspecified atom stereocenters. The van der Waals surface area contributed by atoms with Crippen LogP contribution in [0.4, 0.5) is 5.13 Å². The maximum atomic E-state index is 12.0. The highest BCUT2D eigenvalue weighted by atomic mass is 32.2. The van der Waals surface area contributed by atoms with Crippen LogP contribution in [-0.4, -0.2) is 19.2 Å². The number of nitrogens with zero attached hydrogens (tertiary/aromatic N) is 2. The van der Waals surface area contributed by atoms with E-state index in [-0.39, 0.29) is 4.90 Å². The number of nitrogens with one attached hydrogen (secondary N) is 1. The number of hydrogen-bond acceptors (Lipinski definition) is 5. The van der Waals surface area contributed by atoms with Gasteiger partial charge in [-0.1, -0.05) is 35.6 Å². The molecule has 1 aliphatic heterocycles. The van der Waals surface area contributed by atoms with E-state index in [2.05, 4.69) is 14.7 Å². The highest BCUT2D eigenvalue weighted by Crippen LogP contribution is 2.29. The van der Waals surface area contributed by atoms with Crippen molar-refractivity contribution in [2.75, 3.05) is 5.32 Å². The van der Waals surface area contributed by atoms with Crippen LogP contribution in [-0.2, 0) is 10.0 Å². The molecular formula is C14H9N3O2S2. The number of aromatic nitrogens is 1. The minimum Gasteiger partial charge on any atom is -0.315 e. The number of rotatable bonds is 1. The maximum Gasteiger partial charge on any atom is 0.285 e. The SMILES string of the molecule is O=S1(=O)N=C(Nc2nc3ccccc3s2)c2ccccc21. The molecule has 0 atom stereocenters. The van der Waals surface area contributed by atoms with Gasteiger partial charge in [0, 0.05) is 5.56 Å². The molecule has 104 valence electrons. The first kappa shape index (κ1) is 12.5. The Kier molecular flexibility index (Phi) is 2.60. The fraction of sp³-hybridized carbons (Fsp3) is 0. The van der Waals surface area contributed by atoms with Crippen molar-refractivity contribution in [3.05, 3.63) is 54.1 Å². The van der Waals surface area contributed by atoms with Gasteiger partial charge in [-0.3, -0.25) is 0 Å². The van der Waals surface area contributed by atoms with Crippen LogP contribution in [0.2, 0.25) is 0 Å². The van der Waals surface area contributed by atoms with Gasteiger partial charge in [-0.25, -0.2) is 4.98 Å². The third-order valence-corrected chi connectivity index (χ3v) is 5.44. The Balaban J connectivity index is 1.78. The van der Waals surface area contributed by atoms with E-state index in [1.165, 1.54) is 11.3 Å². The molecule has 0 radical (unpaired) electrons. The molecule has 5 nitrogen and oxygen atoms in total. The van der Waals surface area contributed by atoms with E-state index in [1.54, 1.807) is 24.3 Å². The van der Waals surface area contributed by atoms with Crippen LogP contribution >= 0.6 is 11.3 Å². The second-order valence-corrected chi connectivity index (χ2v) is 7.13. The fourth-order valence-electron chi connectivity index (χ4n) is 2.22. The summed E-state index contributed by atoms with van der Waals surface area (Å²) in [5, 5.41) is 3.65. The van der Waals surface area contributed by atoms with Gasteiger partial charge in [0.05, 0.1) is 10.2 Å². The lowest BCUT2D eigenvalue weighted by molar-refractivity contribution is 0.599. The number of benzene rings is 2. The summed E-state index contributed by atoms with van der Waals surface area (Å²) in [4.78, 5) is 4.66. The summed E-state index contributed by atoms with van der Waals surface area (Å²) < 4.78 is 28.8. The number of amidine groups is 1. The molecule has 21 heavy (non-hydrogen) atoms. The van der Waals surface area contributed by atoms with Crippen LogP contribution in [0, 0.1) is 0 Å². The molecule has 0 aliphatic carbocycles. The van der Waals surface area contributed by atoms with Gasteiger partial charge in [0.2, 0.25) is 0 Å². The van der Waals surface area contributed by atoms with E-state index >= 15 is 0 Å². The van der Waals surface area contributed by atoms with Gasteiger partial charge in [-0.05, 0) is 24.3 Å². The Hall–Kier alpha value is -2.25. The fourth-order valence-corrected chi connectivity index (χ4v) is 4.26. The molecule has 4 rings (SSSR count). The van der Waals surface area contributed by atoms with Crippen molar-refractivity contribution in [2.45, 2.75) is 4.90 Å². The predicted octanol–water partition coefficient (Wildman–Crippen LogP) is 2.86. The molecular weight excluding hydrogens is 306 g/mol. The van der Waals surface area contributed by atoms with Crippen LogP contribution in [0.25, 0.3) is 10.2 Å². The lowest BCUT2D eigenvalue weighted by Gasteiger charge is -2.01. The number of fused-ring (bicyclic) bond motifs is 2. The number of hydrogen-bond donors (Lipinski definition) is 1. The van der Waals surface area contributed by atoms with Crippen molar-refractivity contribution in [1.82, 2.24) is 4.98 Å². The molecule has 0 saturated heterocycles. The van der Waals surface area contributed by atoms with Crippen molar-refractivity contribution in [1.29, 1.82) is 0 Å². The molecule has 0 amide bonds. The molecule has 0 fully saturated rings. The Morgan fingerprint density at radius 3 is 2.62 bits per heavy atom. The van der Waals surface area contributed by atoms with Gasteiger partial charge < -0.3 is 5.32 Å². The largest absolute Gasteiger partial charge is 0.315 e. The summed E-state index contributed by atoms with van der Waals surface area (Å²) in [6.07, 6.45) is 0. The van der Waals surface area contributed by atoms with E-state index in [4.69, 9.17) is 0 Å². The Morgan fingerprint density at radius 2 is 1.76 bits per heavy atom. The van der Waals surface area contributed by atoms with Crippen LogP contribution < -0.4 is 5.32 Å². The maximum absolute atomic E-state index is 12.0. The minimum atomic E-state index is -3.60. The molecule has 1 N–H and O–H groups in total. The van der Waals surface area contributed by atoms with Crippen LogP contribution in [0.3, 0.4) is 0 Å². The summed E-state index contributed by atoms with van der Waals surface area (Å²) in [7, 11) is -3.60. The van der Waals surface area contributed by atoms with Crippen molar-refractivity contribution < 1.29 is 8.42 Å². The first-order valence-corrected chi connectivity index (χ1v) is 8.46. The summed E-state index contributed by atoms with van der Waals surface area (Å²) in [5.41, 5.74) is 1.46. The molecule has 2 aromatic carbocycles. The number of anilines is 1. The second-order valence-electron chi connectivity index (χ2n) is 4.52. The predicted molar refractivity (Wildman–Crippen MR) is 83.4 cm³/mol. The molecule has 0 saturated carbocycles. The quantitative estimate of drug-likeness (QED) is 0.749. The van der Waals surface area contributed by atoms with Crippen molar-refractivity contribution >= 4 is 42.5 Å². The second kappa shape index (κ2) is 4.37. The lowest BCUT2D eigenvalue weighted by atomic mass is 10.2. The van der Waals surface area contributed by atoms with Gasteiger partial charge in [0.1, 0.15) is 4.90 Å². The summed E-state index contributed by atoms with van der Waals surface area (Å²) in [6, 6.07) is 14.5. The van der Waals surface area contributed by atoms with Crippen molar-refractivity contribution in [3.8, 4) is 0 Å². The molecule has 1 aromatic heterocycles. The van der Waals surface area contributed by atoms with E-state index < -0.39 is 10.0 Å². The normalized spacial score (nSPS) is 15.7. The zero-order valence-corrected chi connectivity index (χ0v) is 12.3. The van der Waals surface area contributed by atoms with E-state index in [9.17, 15) is 8.42 Å². The standard InChI is InChI=1S/C14H9N3O2S2/c18-21(19)12-8-4-1-5-9(12)13(17-21)16-14-15-10-6-2-3-7-11(10)20-14/h1-8H,(H,15,16,17). The number of sulfonamides is 1. The Bertz CT molecular complexity index is 957. The number of thiazole rings is 1. The highest BCUT2D eigenvalue weighted by Gasteiger charge is 2.28. The molecule has 7 heteroatoms. The van der Waals surface area contributed by atoms with Crippen LogP contribution in [0.1, 0.15) is 5.56 Å². The summed E-state index contributed by atoms with van der Waals surface area (Å²) >= 11 is 1.46. The van der Waals surface area contributed by atoms with E-state index in [0.29, 0.717) is 16.5 Å². The topological polar surface area (TPSA) is 71.4 Å². The molecule has 3 aromatic rings. The highest BCUT2D eigenvalue weighted by molar-refractivity contribution is 7.90. The average Bonchev–Trinajstić information content (AvgIpc) is 2.98. The van der Waals surface area contributed by atoms with Crippen molar-refractivity contribution in [2.24, 2.45) is 4.40 Å². The van der Waals surface area contributed by atoms with Gasteiger partial charge in [-0.2, -0.15) is 8.42 Å². The third kappa shape index (κ3) is 2.01. The Morgan fingerprint density at radius 1 is 1.00 bits per heavy atom. The van der Waals surface area contributed by atoms with Gasteiger partial charge >= 0.3 is 0 Å². The zero-order chi connectivity index (χ0) is 14.4. The third-order valence-electron chi connectivity index (χ3n) is 3.15. The zero-order valence-electron chi connectivity index (χ0n) is 10.6. The monoisotopic (exact) mass is 315 g/mol. The summed E-state index contributed by atoms with van der Waals surface area (Å²) in [6.45, 7) is 0. The molecule has 0 bridgehead atoms. The van der Waals surface area contributed by atoms with Gasteiger partial charge in [0.25, 0.3) is 10.0 Å². The molecule has 2 heterocycles. The Labute approximate surface area is 125 Å². The van der Waals surface area contributed by atoms with E-state index in [1.807, 2.05) is 24.3 Å². The number of para-hydroxylation sites is 1. The van der Waals surface area contributed by atoms with Gasteiger partial charge in [0.15, 0.2) is 11.0 Å². The minimum absolute atomic E-state index is 0.230. The van der Waals surface area contributed by atoms with E-state index in [0.717, 1.165) is 10.2 Å². The van der Waals surface area contributed by atoms with Crippen LogP contribution in [0.5, 0.6) is 0 Å².